The maximum atomic E-state index is 12.5. The summed E-state index contributed by atoms with van der Waals surface area (Å²) in [5.74, 6) is -0.489. The summed E-state index contributed by atoms with van der Waals surface area (Å²) in [4.78, 5) is 25.3. The molecule has 0 aliphatic rings. The minimum Gasteiger partial charge on any atom is -0.462 e. The average Bonchev–Trinajstić information content (AvgIpc) is 3.07. The maximum absolute atomic E-state index is 12.5. The summed E-state index contributed by atoms with van der Waals surface area (Å²) in [6.45, 7) is 2.31. The largest absolute Gasteiger partial charge is 0.462 e. The summed E-state index contributed by atoms with van der Waals surface area (Å²) < 4.78 is 12.0. The Labute approximate surface area is 150 Å². The van der Waals surface area contributed by atoms with E-state index in [4.69, 9.17) is 9.47 Å². The van der Waals surface area contributed by atoms with Crippen LogP contribution < -0.4 is 5.32 Å². The molecule has 2 aromatic heterocycles. The first kappa shape index (κ1) is 17.6. The fraction of sp³-hybridized carbons (Fsp3) is 0.222. The average molecular weight is 353 g/mol. The normalized spacial score (nSPS) is 11.5. The van der Waals surface area contributed by atoms with E-state index in [-0.39, 0.29) is 12.2 Å². The number of aromatic nitrogens is 4. The van der Waals surface area contributed by atoms with Crippen molar-refractivity contribution in [3.63, 3.8) is 0 Å². The zero-order chi connectivity index (χ0) is 18.4. The lowest BCUT2D eigenvalue weighted by Gasteiger charge is -2.09. The van der Waals surface area contributed by atoms with Crippen molar-refractivity contribution in [1.29, 1.82) is 0 Å². The van der Waals surface area contributed by atoms with E-state index in [1.807, 2.05) is 30.3 Å². The summed E-state index contributed by atoms with van der Waals surface area (Å²) in [5, 5.41) is 3.10. The molecule has 0 aliphatic carbocycles. The van der Waals surface area contributed by atoms with Gasteiger partial charge in [-0.1, -0.05) is 18.2 Å². The lowest BCUT2D eigenvalue weighted by molar-refractivity contribution is -0.136. The number of imidazole rings is 1. The van der Waals surface area contributed by atoms with Crippen LogP contribution in [0, 0.1) is 0 Å². The predicted octanol–water partition coefficient (Wildman–Crippen LogP) is 2.45. The number of carbonyl (C=O) groups excluding carboxylic acids is 1. The van der Waals surface area contributed by atoms with Crippen LogP contribution in [0.15, 0.2) is 49.2 Å². The van der Waals surface area contributed by atoms with Gasteiger partial charge in [0.15, 0.2) is 5.65 Å². The van der Waals surface area contributed by atoms with Crippen molar-refractivity contribution < 1.29 is 14.3 Å². The van der Waals surface area contributed by atoms with E-state index in [2.05, 4.69) is 20.3 Å². The van der Waals surface area contributed by atoms with Gasteiger partial charge in [-0.2, -0.15) is 0 Å². The van der Waals surface area contributed by atoms with Crippen LogP contribution in [0.4, 0.5) is 5.69 Å². The Morgan fingerprint density at radius 3 is 2.77 bits per heavy atom. The number of benzene rings is 1. The number of anilines is 1. The van der Waals surface area contributed by atoms with Crippen LogP contribution in [0.1, 0.15) is 12.6 Å². The highest BCUT2D eigenvalue weighted by molar-refractivity contribution is 6.18. The van der Waals surface area contributed by atoms with Gasteiger partial charge in [0.25, 0.3) is 0 Å². The summed E-state index contributed by atoms with van der Waals surface area (Å²) >= 11 is 0. The second-order valence-electron chi connectivity index (χ2n) is 5.32. The summed E-state index contributed by atoms with van der Waals surface area (Å²) in [7, 11) is 1.58. The van der Waals surface area contributed by atoms with Crippen LogP contribution >= 0.6 is 0 Å². The van der Waals surface area contributed by atoms with Crippen molar-refractivity contribution in [3.05, 3.63) is 54.9 Å². The molecule has 0 saturated heterocycles. The van der Waals surface area contributed by atoms with E-state index in [0.29, 0.717) is 23.6 Å². The summed E-state index contributed by atoms with van der Waals surface area (Å²) in [6, 6.07) is 9.49. The SMILES string of the molecule is CCOC(=O)/C(=C\Nc1ccccc1)c1ncnc2c1ncn2COC. The molecule has 1 N–H and O–H groups in total. The first-order chi connectivity index (χ1) is 12.7. The van der Waals surface area contributed by atoms with Crippen LogP contribution in [-0.4, -0.2) is 39.2 Å². The number of hydrogen-bond acceptors (Lipinski definition) is 7. The highest BCUT2D eigenvalue weighted by Gasteiger charge is 2.20. The van der Waals surface area contributed by atoms with E-state index in [1.54, 1.807) is 31.1 Å². The number of fused-ring (bicyclic) bond motifs is 1. The molecule has 0 atom stereocenters. The molecule has 134 valence electrons. The molecule has 0 spiro atoms. The fourth-order valence-electron chi connectivity index (χ4n) is 2.43. The van der Waals surface area contributed by atoms with Gasteiger partial charge in [0, 0.05) is 19.0 Å². The van der Waals surface area contributed by atoms with E-state index < -0.39 is 5.97 Å². The molecule has 8 nitrogen and oxygen atoms in total. The Morgan fingerprint density at radius 1 is 1.23 bits per heavy atom. The Bertz CT molecular complexity index is 921. The maximum Gasteiger partial charge on any atom is 0.341 e. The van der Waals surface area contributed by atoms with Crippen LogP contribution in [-0.2, 0) is 21.0 Å². The molecule has 3 rings (SSSR count). The summed E-state index contributed by atoms with van der Waals surface area (Å²) in [6.07, 6.45) is 4.56. The van der Waals surface area contributed by atoms with Gasteiger partial charge in [-0.3, -0.25) is 4.57 Å². The first-order valence-electron chi connectivity index (χ1n) is 8.08. The number of nitrogens with one attached hydrogen (secondary N) is 1. The lowest BCUT2D eigenvalue weighted by Crippen LogP contribution is -2.11. The topological polar surface area (TPSA) is 91.2 Å². The second kappa shape index (κ2) is 8.21. The van der Waals surface area contributed by atoms with Gasteiger partial charge in [0.2, 0.25) is 0 Å². The monoisotopic (exact) mass is 353 g/mol. The van der Waals surface area contributed by atoms with Crippen LogP contribution in [0.3, 0.4) is 0 Å². The minimum atomic E-state index is -0.489. The fourth-order valence-corrected chi connectivity index (χ4v) is 2.43. The van der Waals surface area contributed by atoms with Crippen molar-refractivity contribution in [2.24, 2.45) is 0 Å². The minimum absolute atomic E-state index is 0.258. The van der Waals surface area contributed by atoms with Gasteiger partial charge < -0.3 is 14.8 Å². The van der Waals surface area contributed by atoms with E-state index in [1.165, 1.54) is 6.33 Å². The number of carbonyl (C=O) groups is 1. The predicted molar refractivity (Wildman–Crippen MR) is 97.0 cm³/mol. The lowest BCUT2D eigenvalue weighted by atomic mass is 10.1. The van der Waals surface area contributed by atoms with Crippen molar-refractivity contribution >= 4 is 28.4 Å². The van der Waals surface area contributed by atoms with Gasteiger partial charge in [0.05, 0.1) is 12.9 Å². The molecule has 0 radical (unpaired) electrons. The van der Waals surface area contributed by atoms with Gasteiger partial charge in [-0.05, 0) is 19.1 Å². The van der Waals surface area contributed by atoms with E-state index in [9.17, 15) is 4.79 Å². The first-order valence-corrected chi connectivity index (χ1v) is 8.08. The Kier molecular flexibility index (Phi) is 5.55. The molecule has 0 unspecified atom stereocenters. The molecule has 26 heavy (non-hydrogen) atoms. The number of esters is 1. The Balaban J connectivity index is 2.04. The molecule has 1 aromatic carbocycles. The number of ether oxygens (including phenoxy) is 2. The number of rotatable bonds is 7. The van der Waals surface area contributed by atoms with Crippen molar-refractivity contribution in [3.8, 4) is 0 Å². The molecular formula is C18H19N5O3. The Morgan fingerprint density at radius 2 is 2.04 bits per heavy atom. The van der Waals surface area contributed by atoms with Gasteiger partial charge in [0.1, 0.15) is 29.8 Å². The quantitative estimate of drug-likeness (QED) is 0.515. The van der Waals surface area contributed by atoms with E-state index in [0.717, 1.165) is 5.69 Å². The molecule has 0 fully saturated rings. The number of nitrogens with zero attached hydrogens (tertiary/aromatic N) is 4. The molecule has 0 amide bonds. The van der Waals surface area contributed by atoms with Crippen molar-refractivity contribution in [1.82, 2.24) is 19.5 Å². The van der Waals surface area contributed by atoms with Crippen molar-refractivity contribution in [2.75, 3.05) is 19.0 Å². The van der Waals surface area contributed by atoms with Gasteiger partial charge >= 0.3 is 5.97 Å². The number of methoxy groups -OCH3 is 1. The third-order valence-electron chi connectivity index (χ3n) is 3.58. The highest BCUT2D eigenvalue weighted by atomic mass is 16.5. The zero-order valence-corrected chi connectivity index (χ0v) is 14.5. The third kappa shape index (κ3) is 3.70. The van der Waals surface area contributed by atoms with Gasteiger partial charge in [-0.15, -0.1) is 0 Å². The molecular weight excluding hydrogens is 334 g/mol. The molecule has 3 aromatic rings. The molecule has 8 heteroatoms. The molecule has 2 heterocycles. The van der Waals surface area contributed by atoms with Crippen molar-refractivity contribution in [2.45, 2.75) is 13.7 Å². The van der Waals surface area contributed by atoms with Crippen LogP contribution in [0.2, 0.25) is 0 Å². The highest BCUT2D eigenvalue weighted by Crippen LogP contribution is 2.22. The second-order valence-corrected chi connectivity index (χ2v) is 5.32. The van der Waals surface area contributed by atoms with Crippen LogP contribution in [0.5, 0.6) is 0 Å². The molecule has 0 saturated carbocycles. The molecule has 0 bridgehead atoms. The van der Waals surface area contributed by atoms with Crippen LogP contribution in [0.25, 0.3) is 16.7 Å². The zero-order valence-electron chi connectivity index (χ0n) is 14.5. The number of hydrogen-bond donors (Lipinski definition) is 1. The smallest absolute Gasteiger partial charge is 0.341 e. The van der Waals surface area contributed by atoms with E-state index >= 15 is 0 Å². The molecule has 0 aliphatic heterocycles. The Hall–Kier alpha value is -3.26. The standard InChI is InChI=1S/C18H19N5O3/c1-3-26-18(24)14(9-19-13-7-5-4-6-8-13)15-16-17(21-10-20-15)23(11-22-16)12-25-2/h4-11,19H,3,12H2,1-2H3/b14-9-. The summed E-state index contributed by atoms with van der Waals surface area (Å²) in [5.41, 5.74) is 2.58. The third-order valence-corrected chi connectivity index (χ3v) is 3.58. The number of para-hydroxylation sites is 1. The van der Waals surface area contributed by atoms with Gasteiger partial charge in [-0.25, -0.2) is 19.7 Å².